The van der Waals surface area contributed by atoms with Crippen LogP contribution in [0.15, 0.2) is 40.6 Å². The molecule has 0 bridgehead atoms. The van der Waals surface area contributed by atoms with Gasteiger partial charge >= 0.3 is 0 Å². The van der Waals surface area contributed by atoms with Gasteiger partial charge in [-0.1, -0.05) is 15.9 Å². The van der Waals surface area contributed by atoms with Gasteiger partial charge in [-0.3, -0.25) is 9.36 Å². The second-order valence-corrected chi connectivity index (χ2v) is 4.32. The molecule has 0 aliphatic carbocycles. The van der Waals surface area contributed by atoms with Crippen molar-refractivity contribution in [2.24, 2.45) is 0 Å². The third-order valence-corrected chi connectivity index (χ3v) is 3.40. The smallest absolute Gasteiger partial charge is 0.255 e. The highest BCUT2D eigenvalue weighted by Gasteiger charge is 2.00. The summed E-state index contributed by atoms with van der Waals surface area (Å²) in [5.74, 6) is 0. The van der Waals surface area contributed by atoms with Crippen LogP contribution in [0.5, 0.6) is 0 Å². The number of hydrogen-bond donors (Lipinski definition) is 0. The van der Waals surface area contributed by atoms with Gasteiger partial charge in [0.15, 0.2) is 0 Å². The Morgan fingerprint density at radius 3 is 2.86 bits per heavy atom. The first-order valence-electron chi connectivity index (χ1n) is 4.12. The largest absolute Gasteiger partial charge is 0.275 e. The molecule has 0 aliphatic rings. The third-order valence-electron chi connectivity index (χ3n) is 1.88. The lowest BCUT2D eigenvalue weighted by molar-refractivity contribution is 1.00. The molecule has 0 unspecified atom stereocenters. The van der Waals surface area contributed by atoms with Crippen molar-refractivity contribution in [1.29, 1.82) is 0 Å². The van der Waals surface area contributed by atoms with Crippen LogP contribution < -0.4 is 5.56 Å². The molecular formula is C10H8BrNOS. The van der Waals surface area contributed by atoms with Gasteiger partial charge < -0.3 is 0 Å². The summed E-state index contributed by atoms with van der Waals surface area (Å²) in [5, 5.41) is 3.63. The zero-order valence-electron chi connectivity index (χ0n) is 7.31. The fourth-order valence-corrected chi connectivity index (χ4v) is 2.26. The van der Waals surface area contributed by atoms with Crippen LogP contribution in [-0.4, -0.2) is 4.57 Å². The number of alkyl halides is 1. The van der Waals surface area contributed by atoms with E-state index in [0.717, 1.165) is 10.6 Å². The molecule has 0 radical (unpaired) electrons. The number of thiophene rings is 1. The summed E-state index contributed by atoms with van der Waals surface area (Å²) < 4.78 is 1.65. The molecule has 0 amide bonds. The van der Waals surface area contributed by atoms with E-state index in [0.29, 0.717) is 5.33 Å². The van der Waals surface area contributed by atoms with Gasteiger partial charge in [0.1, 0.15) is 5.00 Å². The molecule has 0 N–H and O–H groups in total. The average Bonchev–Trinajstić information content (AvgIpc) is 2.70. The van der Waals surface area contributed by atoms with Gasteiger partial charge in [-0.05, 0) is 29.1 Å². The van der Waals surface area contributed by atoms with Crippen LogP contribution in [0.2, 0.25) is 0 Å². The second-order valence-electron chi connectivity index (χ2n) is 2.83. The minimum absolute atomic E-state index is 0.0180. The van der Waals surface area contributed by atoms with Gasteiger partial charge in [0.25, 0.3) is 5.56 Å². The Kier molecular flexibility index (Phi) is 2.84. The molecule has 72 valence electrons. The molecule has 14 heavy (non-hydrogen) atoms. The molecule has 0 aliphatic heterocycles. The van der Waals surface area contributed by atoms with Crippen LogP contribution in [0.25, 0.3) is 5.00 Å². The molecule has 4 heteroatoms. The molecule has 2 rings (SSSR count). The lowest BCUT2D eigenvalue weighted by Gasteiger charge is -2.02. The van der Waals surface area contributed by atoms with Gasteiger partial charge in [0.2, 0.25) is 0 Å². The highest BCUT2D eigenvalue weighted by atomic mass is 79.9. The molecule has 2 heterocycles. The fraction of sp³-hybridized carbons (Fsp3) is 0.100. The van der Waals surface area contributed by atoms with E-state index in [1.165, 1.54) is 0 Å². The van der Waals surface area contributed by atoms with Gasteiger partial charge in [-0.2, -0.15) is 0 Å². The van der Waals surface area contributed by atoms with Crippen molar-refractivity contribution in [3.05, 3.63) is 51.8 Å². The lowest BCUT2D eigenvalue weighted by Crippen LogP contribution is -2.15. The molecule has 0 atom stereocenters. The molecule has 0 fully saturated rings. The molecule has 0 aromatic carbocycles. The van der Waals surface area contributed by atoms with E-state index in [4.69, 9.17) is 0 Å². The standard InChI is InChI=1S/C10H8BrNOS/c11-7-8-3-4-12(9(13)6-8)10-2-1-5-14-10/h1-6H,7H2. The van der Waals surface area contributed by atoms with Crippen molar-refractivity contribution < 1.29 is 0 Å². The van der Waals surface area contributed by atoms with Crippen LogP contribution in [-0.2, 0) is 5.33 Å². The van der Waals surface area contributed by atoms with Crippen LogP contribution in [0.1, 0.15) is 5.56 Å². The Balaban J connectivity index is 2.51. The first-order valence-corrected chi connectivity index (χ1v) is 6.13. The SMILES string of the molecule is O=c1cc(CBr)ccn1-c1cccs1. The summed E-state index contributed by atoms with van der Waals surface area (Å²) in [5.41, 5.74) is 1.02. The zero-order valence-corrected chi connectivity index (χ0v) is 9.72. The highest BCUT2D eigenvalue weighted by molar-refractivity contribution is 9.08. The molecule has 0 spiro atoms. The fourth-order valence-electron chi connectivity index (χ4n) is 1.19. The van der Waals surface area contributed by atoms with Crippen LogP contribution in [0.3, 0.4) is 0 Å². The van der Waals surface area contributed by atoms with Crippen LogP contribution >= 0.6 is 27.3 Å². The van der Waals surface area contributed by atoms with E-state index in [1.54, 1.807) is 22.0 Å². The van der Waals surface area contributed by atoms with Crippen molar-refractivity contribution in [2.45, 2.75) is 5.33 Å². The van der Waals surface area contributed by atoms with Crippen molar-refractivity contribution in [3.8, 4) is 5.00 Å². The summed E-state index contributed by atoms with van der Waals surface area (Å²) in [6.07, 6.45) is 1.81. The summed E-state index contributed by atoms with van der Waals surface area (Å²) >= 11 is 4.87. The van der Waals surface area contributed by atoms with Crippen molar-refractivity contribution in [3.63, 3.8) is 0 Å². The first-order chi connectivity index (χ1) is 6.81. The predicted molar refractivity (Wildman–Crippen MR) is 62.5 cm³/mol. The Hall–Kier alpha value is -0.870. The maximum Gasteiger partial charge on any atom is 0.255 e. The van der Waals surface area contributed by atoms with E-state index in [2.05, 4.69) is 15.9 Å². The molecular weight excluding hydrogens is 262 g/mol. The highest BCUT2D eigenvalue weighted by Crippen LogP contribution is 2.13. The van der Waals surface area contributed by atoms with Gasteiger partial charge in [-0.25, -0.2) is 0 Å². The maximum atomic E-state index is 11.6. The number of nitrogens with zero attached hydrogens (tertiary/aromatic N) is 1. The summed E-state index contributed by atoms with van der Waals surface area (Å²) in [7, 11) is 0. The monoisotopic (exact) mass is 269 g/mol. The normalized spacial score (nSPS) is 10.4. The number of halogens is 1. The number of hydrogen-bond acceptors (Lipinski definition) is 2. The summed E-state index contributed by atoms with van der Waals surface area (Å²) in [4.78, 5) is 11.6. The van der Waals surface area contributed by atoms with Crippen molar-refractivity contribution in [1.82, 2.24) is 4.57 Å². The van der Waals surface area contributed by atoms with Gasteiger partial charge in [0.05, 0.1) is 0 Å². The van der Waals surface area contributed by atoms with E-state index < -0.39 is 0 Å². The summed E-state index contributed by atoms with van der Waals surface area (Å²) in [6.45, 7) is 0. The van der Waals surface area contributed by atoms with E-state index in [-0.39, 0.29) is 5.56 Å². The Morgan fingerprint density at radius 2 is 2.29 bits per heavy atom. The number of pyridine rings is 1. The van der Waals surface area contributed by atoms with E-state index in [1.807, 2.05) is 29.8 Å². The summed E-state index contributed by atoms with van der Waals surface area (Å²) in [6, 6.07) is 7.45. The van der Waals surface area contributed by atoms with Crippen molar-refractivity contribution >= 4 is 27.3 Å². The topological polar surface area (TPSA) is 22.0 Å². The Bertz CT molecular complexity index is 475. The Labute approximate surface area is 94.0 Å². The lowest BCUT2D eigenvalue weighted by atomic mass is 10.3. The Morgan fingerprint density at radius 1 is 1.43 bits per heavy atom. The minimum Gasteiger partial charge on any atom is -0.275 e. The number of rotatable bonds is 2. The zero-order chi connectivity index (χ0) is 9.97. The predicted octanol–water partition coefficient (Wildman–Crippen LogP) is 2.79. The molecule has 2 nitrogen and oxygen atoms in total. The average molecular weight is 270 g/mol. The maximum absolute atomic E-state index is 11.6. The minimum atomic E-state index is 0.0180. The quantitative estimate of drug-likeness (QED) is 0.769. The van der Waals surface area contributed by atoms with E-state index >= 15 is 0 Å². The molecule has 2 aromatic heterocycles. The van der Waals surface area contributed by atoms with E-state index in [9.17, 15) is 4.79 Å². The van der Waals surface area contributed by atoms with Crippen molar-refractivity contribution in [2.75, 3.05) is 0 Å². The van der Waals surface area contributed by atoms with Crippen LogP contribution in [0.4, 0.5) is 0 Å². The third kappa shape index (κ3) is 1.81. The molecule has 0 saturated heterocycles. The number of aromatic nitrogens is 1. The first kappa shape index (κ1) is 9.68. The molecule has 2 aromatic rings. The second kappa shape index (κ2) is 4.11. The van der Waals surface area contributed by atoms with Gasteiger partial charge in [0, 0.05) is 17.6 Å². The van der Waals surface area contributed by atoms with Crippen LogP contribution in [0, 0.1) is 0 Å². The van der Waals surface area contributed by atoms with Gasteiger partial charge in [-0.15, -0.1) is 11.3 Å². The molecule has 0 saturated carbocycles.